The van der Waals surface area contributed by atoms with Crippen molar-refractivity contribution in [1.82, 2.24) is 18.8 Å². The van der Waals surface area contributed by atoms with Crippen molar-refractivity contribution in [2.24, 2.45) is 0 Å². The maximum absolute atomic E-state index is 5.99. The van der Waals surface area contributed by atoms with Gasteiger partial charge in [-0.05, 0) is 68.8 Å². The quantitative estimate of drug-likeness (QED) is 0.586. The largest absolute Gasteiger partial charge is 0.430 e. The molecule has 2 heterocycles. The van der Waals surface area contributed by atoms with Crippen LogP contribution in [0, 0.1) is 13.8 Å². The molecule has 1 aromatic carbocycles. The molecule has 0 spiro atoms. The third-order valence-corrected chi connectivity index (χ3v) is 4.95. The van der Waals surface area contributed by atoms with Crippen LogP contribution >= 0.6 is 23.9 Å². The molecule has 3 rings (SSSR count). The first-order chi connectivity index (χ1) is 12.1. The Bertz CT molecular complexity index is 832. The lowest BCUT2D eigenvalue weighted by molar-refractivity contribution is 0.357. The summed E-state index contributed by atoms with van der Waals surface area (Å²) in [7, 11) is 2.15. The summed E-state index contributed by atoms with van der Waals surface area (Å²) in [6.07, 6.45) is 4.89. The third kappa shape index (κ3) is 4.84. The Kier molecular flexibility index (Phi) is 7.20. The molecule has 0 aliphatic carbocycles. The Hall–Kier alpha value is -1.89. The second-order valence-corrected chi connectivity index (χ2v) is 6.96. The Morgan fingerprint density at radius 2 is 1.88 bits per heavy atom. The second kappa shape index (κ2) is 9.16. The molecule has 0 unspecified atom stereocenters. The lowest BCUT2D eigenvalue weighted by Crippen LogP contribution is -2.20. The number of halogens is 1. The molecule has 0 aliphatic rings. The molecule has 0 bridgehead atoms. The molecule has 0 radical (unpaired) electrons. The summed E-state index contributed by atoms with van der Waals surface area (Å²) in [5.74, 6) is 1.49. The van der Waals surface area contributed by atoms with E-state index in [0.717, 1.165) is 30.8 Å². The van der Waals surface area contributed by atoms with E-state index in [4.69, 9.17) is 4.74 Å². The summed E-state index contributed by atoms with van der Waals surface area (Å²) < 4.78 is 12.2. The van der Waals surface area contributed by atoms with Crippen LogP contribution in [0.3, 0.4) is 0 Å². The molecule has 2 aromatic heterocycles. The summed E-state index contributed by atoms with van der Waals surface area (Å²) in [4.78, 5) is 6.78. The van der Waals surface area contributed by atoms with Crippen LogP contribution < -0.4 is 4.74 Å². The predicted octanol–water partition coefficient (Wildman–Crippen LogP) is 4.65. The van der Waals surface area contributed by atoms with Gasteiger partial charge in [0.15, 0.2) is 0 Å². The molecule has 3 aromatic rings. The normalized spacial score (nSPS) is 10.8. The number of ether oxygens (including phenoxy) is 1. The fraction of sp³-hybridized carbons (Fsp3) is 0.368. The summed E-state index contributed by atoms with van der Waals surface area (Å²) in [6, 6.07) is 8.23. The van der Waals surface area contributed by atoms with Crippen molar-refractivity contribution in [3.63, 3.8) is 0 Å². The van der Waals surface area contributed by atoms with Gasteiger partial charge in [-0.1, -0.05) is 13.0 Å². The van der Waals surface area contributed by atoms with E-state index < -0.39 is 0 Å². The van der Waals surface area contributed by atoms with Crippen molar-refractivity contribution in [1.29, 1.82) is 0 Å². The van der Waals surface area contributed by atoms with E-state index in [2.05, 4.69) is 54.2 Å². The third-order valence-electron chi connectivity index (χ3n) is 4.37. The van der Waals surface area contributed by atoms with Gasteiger partial charge < -0.3 is 9.64 Å². The highest BCUT2D eigenvalue weighted by atomic mass is 35.5. The zero-order valence-corrected chi connectivity index (χ0v) is 17.2. The Balaban J connectivity index is 0.00000243. The van der Waals surface area contributed by atoms with Crippen LogP contribution in [0.5, 0.6) is 10.9 Å². The fourth-order valence-electron chi connectivity index (χ4n) is 2.61. The number of aryl methyl sites for hydroxylation is 2. The molecule has 26 heavy (non-hydrogen) atoms. The number of hydrogen-bond acceptors (Lipinski definition) is 5. The molecule has 0 fully saturated rings. The van der Waals surface area contributed by atoms with Crippen LogP contribution in [0.2, 0.25) is 0 Å². The predicted molar refractivity (Wildman–Crippen MR) is 109 cm³/mol. The first-order valence-corrected chi connectivity index (χ1v) is 9.27. The molecule has 0 aliphatic heterocycles. The van der Waals surface area contributed by atoms with E-state index >= 15 is 0 Å². The van der Waals surface area contributed by atoms with E-state index in [0.29, 0.717) is 11.1 Å². The molecule has 0 atom stereocenters. The number of rotatable bonds is 7. The minimum Gasteiger partial charge on any atom is -0.430 e. The topological polar surface area (TPSA) is 43.2 Å². The highest BCUT2D eigenvalue weighted by Gasteiger charge is 2.11. The number of likely N-dealkylation sites (N-methyl/N-ethyl adjacent to an activating group) is 1. The van der Waals surface area contributed by atoms with Gasteiger partial charge in [0, 0.05) is 30.5 Å². The summed E-state index contributed by atoms with van der Waals surface area (Å²) in [5.41, 5.74) is 3.74. The van der Waals surface area contributed by atoms with Gasteiger partial charge in [-0.3, -0.25) is 4.57 Å². The second-order valence-electron chi connectivity index (χ2n) is 6.24. The average Bonchev–Trinajstić information content (AvgIpc) is 3.27. The summed E-state index contributed by atoms with van der Waals surface area (Å²) in [5, 5.41) is 0.560. The van der Waals surface area contributed by atoms with Crippen LogP contribution in [0.4, 0.5) is 0 Å². The number of aromatic nitrogens is 3. The minimum atomic E-state index is 0. The average molecular weight is 393 g/mol. The minimum absolute atomic E-state index is 0. The van der Waals surface area contributed by atoms with Gasteiger partial charge in [-0.15, -0.1) is 16.8 Å². The van der Waals surface area contributed by atoms with Crippen molar-refractivity contribution in [3.8, 4) is 16.9 Å². The smallest absolute Gasteiger partial charge is 0.300 e. The van der Waals surface area contributed by atoms with Gasteiger partial charge in [-0.2, -0.15) is 4.98 Å². The van der Waals surface area contributed by atoms with Crippen molar-refractivity contribution >= 4 is 23.9 Å². The lowest BCUT2D eigenvalue weighted by Gasteiger charge is -2.16. The molecule has 0 N–H and O–H groups in total. The fourth-order valence-corrected chi connectivity index (χ4v) is 3.15. The van der Waals surface area contributed by atoms with Crippen LogP contribution in [-0.2, 0) is 6.42 Å². The molecule has 0 amide bonds. The van der Waals surface area contributed by atoms with Crippen molar-refractivity contribution in [3.05, 3.63) is 53.3 Å². The van der Waals surface area contributed by atoms with E-state index in [1.54, 1.807) is 0 Å². The highest BCUT2D eigenvalue weighted by Crippen LogP contribution is 2.29. The van der Waals surface area contributed by atoms with Gasteiger partial charge >= 0.3 is 0 Å². The zero-order chi connectivity index (χ0) is 17.8. The van der Waals surface area contributed by atoms with E-state index in [1.165, 1.54) is 22.7 Å². The molecule has 0 saturated carbocycles. The molecular formula is C19H25ClN4OS. The van der Waals surface area contributed by atoms with Crippen LogP contribution in [0.15, 0.2) is 36.7 Å². The SMILES string of the molecule is CCN(C)CCc1cc(C)c(Oc2nc(-n3cccc3)ns2)cc1C.Cl. The van der Waals surface area contributed by atoms with Gasteiger partial charge in [0.1, 0.15) is 5.75 Å². The standard InChI is InChI=1S/C19H24N4OS.ClH/c1-5-22(4)11-8-16-12-15(3)17(13-14(16)2)24-19-20-18(21-25-19)23-9-6-7-10-23;/h6-7,9-10,12-13H,5,8,11H2,1-4H3;1H. The number of nitrogens with zero attached hydrogens (tertiary/aromatic N) is 4. The van der Waals surface area contributed by atoms with Gasteiger partial charge in [0.25, 0.3) is 5.19 Å². The van der Waals surface area contributed by atoms with E-state index in [9.17, 15) is 0 Å². The van der Waals surface area contributed by atoms with Gasteiger partial charge in [0.2, 0.25) is 5.95 Å². The summed E-state index contributed by atoms with van der Waals surface area (Å²) >= 11 is 1.27. The molecular weight excluding hydrogens is 368 g/mol. The zero-order valence-electron chi connectivity index (χ0n) is 15.6. The number of hydrogen-bond donors (Lipinski definition) is 0. The molecule has 7 heteroatoms. The number of benzene rings is 1. The van der Waals surface area contributed by atoms with Crippen molar-refractivity contribution in [2.75, 3.05) is 20.1 Å². The van der Waals surface area contributed by atoms with Crippen LogP contribution in [-0.4, -0.2) is 39.0 Å². The maximum atomic E-state index is 5.99. The van der Waals surface area contributed by atoms with Crippen LogP contribution in [0.25, 0.3) is 5.95 Å². The Labute approximate surface area is 165 Å². The van der Waals surface area contributed by atoms with Gasteiger partial charge in [0.05, 0.1) is 0 Å². The molecule has 0 saturated heterocycles. The monoisotopic (exact) mass is 392 g/mol. The highest BCUT2D eigenvalue weighted by molar-refractivity contribution is 7.07. The first-order valence-electron chi connectivity index (χ1n) is 8.50. The molecule has 5 nitrogen and oxygen atoms in total. The van der Waals surface area contributed by atoms with Crippen LogP contribution in [0.1, 0.15) is 23.6 Å². The summed E-state index contributed by atoms with van der Waals surface area (Å²) in [6.45, 7) is 8.53. The van der Waals surface area contributed by atoms with Crippen molar-refractivity contribution < 1.29 is 4.74 Å². The molecule has 140 valence electrons. The van der Waals surface area contributed by atoms with Gasteiger partial charge in [-0.25, -0.2) is 0 Å². The first kappa shape index (κ1) is 20.4. The maximum Gasteiger partial charge on any atom is 0.300 e. The Morgan fingerprint density at radius 3 is 2.58 bits per heavy atom. The van der Waals surface area contributed by atoms with Crippen molar-refractivity contribution in [2.45, 2.75) is 27.2 Å². The Morgan fingerprint density at radius 1 is 1.15 bits per heavy atom. The van der Waals surface area contributed by atoms with E-state index in [1.807, 2.05) is 29.1 Å². The lowest BCUT2D eigenvalue weighted by atomic mass is 10.0. The van der Waals surface area contributed by atoms with E-state index in [-0.39, 0.29) is 12.4 Å².